The van der Waals surface area contributed by atoms with Gasteiger partial charge in [-0.05, 0) is 55.3 Å². The summed E-state index contributed by atoms with van der Waals surface area (Å²) in [5.41, 5.74) is 1.34. The highest BCUT2D eigenvalue weighted by atomic mass is 16.5. The van der Waals surface area contributed by atoms with E-state index in [0.717, 1.165) is 0 Å². The lowest BCUT2D eigenvalue weighted by atomic mass is 9.94. The van der Waals surface area contributed by atoms with E-state index in [2.05, 4.69) is 10.6 Å². The van der Waals surface area contributed by atoms with Crippen LogP contribution in [0.25, 0.3) is 0 Å². The summed E-state index contributed by atoms with van der Waals surface area (Å²) in [6.07, 6.45) is 1.13. The van der Waals surface area contributed by atoms with Gasteiger partial charge in [0, 0.05) is 25.3 Å². The van der Waals surface area contributed by atoms with E-state index in [1.165, 1.54) is 0 Å². The summed E-state index contributed by atoms with van der Waals surface area (Å²) >= 11 is 0. The minimum atomic E-state index is -0.333. The Morgan fingerprint density at radius 2 is 1.91 bits per heavy atom. The molecule has 2 heterocycles. The van der Waals surface area contributed by atoms with Crippen molar-refractivity contribution in [1.82, 2.24) is 10.2 Å². The summed E-state index contributed by atoms with van der Waals surface area (Å²) in [5.74, 6) is 0.508. The van der Waals surface area contributed by atoms with Crippen LogP contribution in [-0.2, 0) is 9.53 Å². The van der Waals surface area contributed by atoms with Gasteiger partial charge in [-0.25, -0.2) is 0 Å². The van der Waals surface area contributed by atoms with Crippen LogP contribution in [0.1, 0.15) is 40.0 Å². The quantitative estimate of drug-likeness (QED) is 0.700. The van der Waals surface area contributed by atoms with Crippen molar-refractivity contribution in [3.63, 3.8) is 0 Å². The van der Waals surface area contributed by atoms with Gasteiger partial charge in [0.1, 0.15) is 24.2 Å². The van der Waals surface area contributed by atoms with Gasteiger partial charge in [0.05, 0.1) is 31.2 Å². The first-order valence-corrected chi connectivity index (χ1v) is 11.2. The number of carbonyl (C=O) groups is 3. The Labute approximate surface area is 198 Å². The molecule has 0 bridgehead atoms. The van der Waals surface area contributed by atoms with E-state index in [4.69, 9.17) is 14.2 Å². The molecule has 0 unspecified atom stereocenters. The van der Waals surface area contributed by atoms with Crippen molar-refractivity contribution in [3.05, 3.63) is 53.6 Å². The molecule has 0 aromatic heterocycles. The summed E-state index contributed by atoms with van der Waals surface area (Å²) in [5, 5.41) is 5.45. The monoisotopic (exact) mass is 467 g/mol. The molecular formula is C25H29N3O6. The molecule has 0 aliphatic carbocycles. The Bertz CT molecular complexity index is 1070. The zero-order chi connectivity index (χ0) is 24.2. The van der Waals surface area contributed by atoms with Gasteiger partial charge in [-0.3, -0.25) is 14.4 Å². The predicted octanol–water partition coefficient (Wildman–Crippen LogP) is 2.46. The van der Waals surface area contributed by atoms with Gasteiger partial charge in [0.2, 0.25) is 5.91 Å². The molecule has 2 N–H and O–H groups in total. The Morgan fingerprint density at radius 3 is 2.62 bits per heavy atom. The fourth-order valence-electron chi connectivity index (χ4n) is 4.36. The second kappa shape index (κ2) is 10.1. The summed E-state index contributed by atoms with van der Waals surface area (Å²) in [7, 11) is 4.91. The SMILES string of the molecule is CNC(=O)C[C@H]1CC[C@H]2[C@H](COc3ccc(NC(=O)c4ccc(OC)cc4)cc3C(=O)N2C)O1. The topological polar surface area (TPSA) is 106 Å². The molecule has 2 aromatic rings. The Hall–Kier alpha value is -3.59. The van der Waals surface area contributed by atoms with Crippen LogP contribution in [0.4, 0.5) is 5.69 Å². The van der Waals surface area contributed by atoms with Gasteiger partial charge in [-0.1, -0.05) is 0 Å². The molecule has 2 aliphatic rings. The normalized spacial score (nSPS) is 21.8. The first-order valence-electron chi connectivity index (χ1n) is 11.2. The lowest BCUT2D eigenvalue weighted by molar-refractivity contribution is -0.133. The molecule has 180 valence electrons. The Kier molecular flexibility index (Phi) is 7.02. The number of rotatable bonds is 5. The number of hydrogen-bond donors (Lipinski definition) is 2. The number of nitrogens with one attached hydrogen (secondary N) is 2. The largest absolute Gasteiger partial charge is 0.497 e. The number of carbonyl (C=O) groups excluding carboxylic acids is 3. The molecule has 3 atom stereocenters. The highest BCUT2D eigenvalue weighted by Crippen LogP contribution is 2.32. The third-order valence-electron chi connectivity index (χ3n) is 6.31. The summed E-state index contributed by atoms with van der Waals surface area (Å²) in [6, 6.07) is 11.6. The Morgan fingerprint density at radius 1 is 1.15 bits per heavy atom. The van der Waals surface area contributed by atoms with Crippen LogP contribution in [0.5, 0.6) is 11.5 Å². The van der Waals surface area contributed by atoms with Gasteiger partial charge in [0.25, 0.3) is 11.8 Å². The molecule has 9 heteroatoms. The summed E-state index contributed by atoms with van der Waals surface area (Å²) in [4.78, 5) is 39.4. The molecule has 2 aromatic carbocycles. The van der Waals surface area contributed by atoms with E-state index < -0.39 is 0 Å². The van der Waals surface area contributed by atoms with Gasteiger partial charge in [-0.15, -0.1) is 0 Å². The van der Waals surface area contributed by atoms with Crippen molar-refractivity contribution in [2.45, 2.75) is 37.5 Å². The molecule has 0 saturated carbocycles. The van der Waals surface area contributed by atoms with Crippen LogP contribution in [0.3, 0.4) is 0 Å². The molecule has 2 aliphatic heterocycles. The molecule has 1 fully saturated rings. The highest BCUT2D eigenvalue weighted by molar-refractivity contribution is 6.05. The van der Waals surface area contributed by atoms with Crippen molar-refractivity contribution in [2.75, 3.05) is 33.1 Å². The fraction of sp³-hybridized carbons (Fsp3) is 0.400. The maximum Gasteiger partial charge on any atom is 0.257 e. The molecule has 34 heavy (non-hydrogen) atoms. The Balaban J connectivity index is 1.50. The molecule has 1 saturated heterocycles. The number of hydrogen-bond acceptors (Lipinski definition) is 6. The second-order valence-electron chi connectivity index (χ2n) is 8.44. The molecule has 9 nitrogen and oxygen atoms in total. The minimum absolute atomic E-state index is 0.0748. The minimum Gasteiger partial charge on any atom is -0.497 e. The molecule has 4 rings (SSSR count). The standard InChI is InChI=1S/C25H29N3O6/c1-26-23(29)13-18-9-10-20-22(34-18)14-33-21-11-6-16(12-19(21)25(31)28(20)2)27-24(30)15-4-7-17(32-3)8-5-15/h4-8,11-12,18,20,22H,9-10,13-14H2,1-3H3,(H,26,29)(H,27,30)/t18-,20+,22+/m1/s1. The van der Waals surface area contributed by atoms with E-state index in [9.17, 15) is 14.4 Å². The van der Waals surface area contributed by atoms with Crippen molar-refractivity contribution < 1.29 is 28.6 Å². The van der Waals surface area contributed by atoms with Gasteiger partial charge in [-0.2, -0.15) is 0 Å². The van der Waals surface area contributed by atoms with Crippen molar-refractivity contribution in [3.8, 4) is 11.5 Å². The van der Waals surface area contributed by atoms with Crippen LogP contribution in [0.15, 0.2) is 42.5 Å². The predicted molar refractivity (Wildman–Crippen MR) is 125 cm³/mol. The molecule has 0 radical (unpaired) electrons. The second-order valence-corrected chi connectivity index (χ2v) is 8.44. The first kappa shape index (κ1) is 23.6. The first-order chi connectivity index (χ1) is 16.4. The van der Waals surface area contributed by atoms with Gasteiger partial charge < -0.3 is 29.7 Å². The van der Waals surface area contributed by atoms with Crippen LogP contribution in [0, 0.1) is 0 Å². The zero-order valence-corrected chi connectivity index (χ0v) is 19.5. The van der Waals surface area contributed by atoms with Crippen molar-refractivity contribution >= 4 is 23.4 Å². The van der Waals surface area contributed by atoms with Crippen LogP contribution in [0.2, 0.25) is 0 Å². The van der Waals surface area contributed by atoms with E-state index in [1.54, 1.807) is 68.6 Å². The maximum absolute atomic E-state index is 13.3. The van der Waals surface area contributed by atoms with E-state index in [-0.39, 0.29) is 49.0 Å². The number of likely N-dealkylation sites (N-methyl/N-ethyl adjacent to an activating group) is 1. The number of amides is 3. The van der Waals surface area contributed by atoms with E-state index in [0.29, 0.717) is 41.2 Å². The maximum atomic E-state index is 13.3. The number of ether oxygens (including phenoxy) is 3. The average molecular weight is 468 g/mol. The number of anilines is 1. The average Bonchev–Trinajstić information content (AvgIpc) is 2.86. The lowest BCUT2D eigenvalue weighted by Gasteiger charge is -2.42. The summed E-state index contributed by atoms with van der Waals surface area (Å²) in [6.45, 7) is 0.261. The van der Waals surface area contributed by atoms with E-state index in [1.807, 2.05) is 0 Å². The third kappa shape index (κ3) is 4.99. The summed E-state index contributed by atoms with van der Waals surface area (Å²) < 4.78 is 17.2. The van der Waals surface area contributed by atoms with Crippen LogP contribution < -0.4 is 20.1 Å². The molecule has 0 spiro atoms. The number of methoxy groups -OCH3 is 1. The van der Waals surface area contributed by atoms with Gasteiger partial charge in [0.15, 0.2) is 0 Å². The highest BCUT2D eigenvalue weighted by Gasteiger charge is 2.39. The van der Waals surface area contributed by atoms with E-state index >= 15 is 0 Å². The number of benzene rings is 2. The van der Waals surface area contributed by atoms with Crippen molar-refractivity contribution in [1.29, 1.82) is 0 Å². The van der Waals surface area contributed by atoms with Crippen LogP contribution >= 0.6 is 0 Å². The number of fused-ring (bicyclic) bond motifs is 2. The fourth-order valence-corrected chi connectivity index (χ4v) is 4.36. The zero-order valence-electron chi connectivity index (χ0n) is 19.5. The smallest absolute Gasteiger partial charge is 0.257 e. The van der Waals surface area contributed by atoms with Crippen LogP contribution in [-0.4, -0.2) is 68.7 Å². The third-order valence-corrected chi connectivity index (χ3v) is 6.31. The van der Waals surface area contributed by atoms with Crippen molar-refractivity contribution in [2.24, 2.45) is 0 Å². The lowest BCUT2D eigenvalue weighted by Crippen LogP contribution is -2.53. The van der Waals surface area contributed by atoms with Gasteiger partial charge >= 0.3 is 0 Å². The molecular weight excluding hydrogens is 438 g/mol. The molecule has 3 amide bonds. The number of nitrogens with zero attached hydrogens (tertiary/aromatic N) is 1.